The van der Waals surface area contributed by atoms with Crippen molar-refractivity contribution in [2.75, 3.05) is 13.1 Å². The second-order valence-corrected chi connectivity index (χ2v) is 6.79. The number of alkyl halides is 3. The van der Waals surface area contributed by atoms with Crippen molar-refractivity contribution in [2.24, 2.45) is 0 Å². The quantitative estimate of drug-likeness (QED) is 0.932. The monoisotopic (exact) mass is 344 g/mol. The van der Waals surface area contributed by atoms with Crippen LogP contribution in [0.25, 0.3) is 10.2 Å². The molecule has 23 heavy (non-hydrogen) atoms. The number of carbonyl (C=O) groups excluding carboxylic acids is 1. The van der Waals surface area contributed by atoms with Gasteiger partial charge in [-0.25, -0.2) is 4.98 Å². The first-order valence-electron chi connectivity index (χ1n) is 7.20. The molecule has 0 radical (unpaired) electrons. The maximum absolute atomic E-state index is 12.8. The van der Waals surface area contributed by atoms with E-state index in [9.17, 15) is 23.1 Å². The molecule has 0 unspecified atom stereocenters. The third kappa shape index (κ3) is 3.18. The number of thiazole rings is 1. The third-order valence-electron chi connectivity index (χ3n) is 4.02. The summed E-state index contributed by atoms with van der Waals surface area (Å²) < 4.78 is 39.3. The largest absolute Gasteiger partial charge is 0.419 e. The van der Waals surface area contributed by atoms with Crippen LogP contribution < -0.4 is 0 Å². The van der Waals surface area contributed by atoms with Crippen LogP contribution in [0, 0.1) is 0 Å². The summed E-state index contributed by atoms with van der Waals surface area (Å²) in [5.74, 6) is -0.385. The van der Waals surface area contributed by atoms with E-state index in [0.29, 0.717) is 6.42 Å². The zero-order valence-electron chi connectivity index (χ0n) is 12.1. The molecule has 8 heteroatoms. The Balaban J connectivity index is 1.60. The number of β-amino-alcohol motifs (C(OH)–C–C–N with tert-alkyl or cyclic N) is 1. The number of carbonyl (C=O) groups is 1. The molecule has 1 amide bonds. The van der Waals surface area contributed by atoms with Gasteiger partial charge in [0.2, 0.25) is 5.91 Å². The molecule has 1 N–H and O–H groups in total. The van der Waals surface area contributed by atoms with E-state index in [1.54, 1.807) is 0 Å². The second kappa shape index (κ2) is 5.76. The average molecular weight is 344 g/mol. The number of rotatable bonds is 3. The highest BCUT2D eigenvalue weighted by Crippen LogP contribution is 2.37. The van der Waals surface area contributed by atoms with Crippen molar-refractivity contribution in [3.63, 3.8) is 0 Å². The van der Waals surface area contributed by atoms with Crippen LogP contribution >= 0.6 is 11.3 Å². The summed E-state index contributed by atoms with van der Waals surface area (Å²) in [5, 5.41) is 10.4. The minimum Gasteiger partial charge on any atom is -0.379 e. The maximum Gasteiger partial charge on any atom is 0.419 e. The van der Waals surface area contributed by atoms with E-state index in [1.807, 2.05) is 24.3 Å². The topological polar surface area (TPSA) is 53.4 Å². The van der Waals surface area contributed by atoms with E-state index < -0.39 is 24.7 Å². The van der Waals surface area contributed by atoms with E-state index in [-0.39, 0.29) is 18.9 Å². The van der Waals surface area contributed by atoms with Crippen molar-refractivity contribution in [3.8, 4) is 0 Å². The molecule has 1 aromatic heterocycles. The van der Waals surface area contributed by atoms with Crippen LogP contribution in [0.15, 0.2) is 24.3 Å². The number of aliphatic hydroxyl groups is 1. The normalized spacial score (nSPS) is 22.0. The number of nitrogens with zero attached hydrogens (tertiary/aromatic N) is 2. The predicted molar refractivity (Wildman–Crippen MR) is 80.1 cm³/mol. The summed E-state index contributed by atoms with van der Waals surface area (Å²) in [4.78, 5) is 17.6. The van der Waals surface area contributed by atoms with Crippen molar-refractivity contribution in [1.82, 2.24) is 9.88 Å². The van der Waals surface area contributed by atoms with Gasteiger partial charge in [-0.05, 0) is 12.1 Å². The molecule has 3 rings (SSSR count). The number of aryl methyl sites for hydroxylation is 1. The minimum absolute atomic E-state index is 0.0747. The number of benzene rings is 1. The Kier molecular flexibility index (Phi) is 4.05. The zero-order valence-corrected chi connectivity index (χ0v) is 13.0. The summed E-state index contributed by atoms with van der Waals surface area (Å²) in [7, 11) is 0. The fourth-order valence-corrected chi connectivity index (χ4v) is 3.60. The van der Waals surface area contributed by atoms with Crippen molar-refractivity contribution >= 4 is 27.5 Å². The number of likely N-dealkylation sites (tertiary alicyclic amines) is 1. The lowest BCUT2D eigenvalue weighted by Crippen LogP contribution is -2.48. The Labute approximate surface area is 134 Å². The van der Waals surface area contributed by atoms with Gasteiger partial charge in [-0.3, -0.25) is 4.79 Å². The Morgan fingerprint density at radius 1 is 1.39 bits per heavy atom. The first-order valence-corrected chi connectivity index (χ1v) is 8.01. The summed E-state index contributed by atoms with van der Waals surface area (Å²) in [6.45, 7) is -0.760. The Morgan fingerprint density at radius 3 is 2.78 bits per heavy atom. The molecule has 2 aromatic rings. The van der Waals surface area contributed by atoms with Crippen LogP contribution in [-0.2, 0) is 11.2 Å². The highest BCUT2D eigenvalue weighted by atomic mass is 32.1. The molecule has 1 aliphatic heterocycles. The van der Waals surface area contributed by atoms with Crippen molar-refractivity contribution in [1.29, 1.82) is 0 Å². The van der Waals surface area contributed by atoms with E-state index in [1.165, 1.54) is 11.3 Å². The lowest BCUT2D eigenvalue weighted by atomic mass is 10.0. The smallest absolute Gasteiger partial charge is 0.379 e. The zero-order chi connectivity index (χ0) is 16.7. The van der Waals surface area contributed by atoms with E-state index in [0.717, 1.165) is 20.1 Å². The summed E-state index contributed by atoms with van der Waals surface area (Å²) >= 11 is 1.47. The molecule has 124 valence electrons. The molecule has 4 nitrogen and oxygen atoms in total. The van der Waals surface area contributed by atoms with E-state index >= 15 is 0 Å². The number of hydrogen-bond acceptors (Lipinski definition) is 4. The molecular weight excluding hydrogens is 329 g/mol. The lowest BCUT2D eigenvalue weighted by Gasteiger charge is -2.25. The van der Waals surface area contributed by atoms with Crippen molar-refractivity contribution in [3.05, 3.63) is 29.3 Å². The Morgan fingerprint density at radius 2 is 2.13 bits per heavy atom. The highest BCUT2D eigenvalue weighted by Gasteiger charge is 2.57. The lowest BCUT2D eigenvalue weighted by molar-refractivity contribution is -0.253. The van der Waals surface area contributed by atoms with Gasteiger partial charge in [-0.2, -0.15) is 13.2 Å². The fraction of sp³-hybridized carbons (Fsp3) is 0.467. The van der Waals surface area contributed by atoms with Gasteiger partial charge in [-0.15, -0.1) is 11.3 Å². The summed E-state index contributed by atoms with van der Waals surface area (Å²) in [6, 6.07) is 7.58. The van der Waals surface area contributed by atoms with Gasteiger partial charge in [0.1, 0.15) is 0 Å². The van der Waals surface area contributed by atoms with Gasteiger partial charge in [0.15, 0.2) is 5.60 Å². The number of para-hydroxylation sites is 1. The molecule has 2 heterocycles. The number of amides is 1. The first-order chi connectivity index (χ1) is 10.8. The number of fused-ring (bicyclic) bond motifs is 1. The second-order valence-electron chi connectivity index (χ2n) is 5.67. The van der Waals surface area contributed by atoms with Crippen LogP contribution in [0.5, 0.6) is 0 Å². The molecule has 1 aromatic carbocycles. The van der Waals surface area contributed by atoms with Gasteiger partial charge < -0.3 is 10.0 Å². The van der Waals surface area contributed by atoms with Gasteiger partial charge >= 0.3 is 6.18 Å². The summed E-state index contributed by atoms with van der Waals surface area (Å²) in [5.41, 5.74) is -1.93. The molecule has 0 saturated carbocycles. The molecule has 1 atom stereocenters. The number of hydrogen-bond donors (Lipinski definition) is 1. The highest BCUT2D eigenvalue weighted by molar-refractivity contribution is 7.18. The maximum atomic E-state index is 12.8. The molecule has 0 aliphatic carbocycles. The molecule has 0 bridgehead atoms. The van der Waals surface area contributed by atoms with Crippen molar-refractivity contribution < 1.29 is 23.1 Å². The van der Waals surface area contributed by atoms with Crippen LogP contribution in [0.1, 0.15) is 17.8 Å². The van der Waals surface area contributed by atoms with Crippen LogP contribution in [0.4, 0.5) is 13.2 Å². The van der Waals surface area contributed by atoms with Crippen LogP contribution in [0.2, 0.25) is 0 Å². The molecule has 1 saturated heterocycles. The first kappa shape index (κ1) is 16.2. The SMILES string of the molecule is O=C(CCc1nc2ccccc2s1)N1CC[C@@](O)(C(F)(F)F)C1. The average Bonchev–Trinajstić information content (AvgIpc) is 3.08. The summed E-state index contributed by atoms with van der Waals surface area (Å²) in [6.07, 6.45) is -4.70. The minimum atomic E-state index is -4.71. The number of aromatic nitrogens is 1. The molecule has 1 aliphatic rings. The van der Waals surface area contributed by atoms with E-state index in [4.69, 9.17) is 0 Å². The molecule has 0 spiro atoms. The predicted octanol–water partition coefficient (Wildman–Crippen LogP) is 2.75. The van der Waals surface area contributed by atoms with Gasteiger partial charge in [0.05, 0.1) is 21.8 Å². The van der Waals surface area contributed by atoms with Gasteiger partial charge in [-0.1, -0.05) is 12.1 Å². The van der Waals surface area contributed by atoms with Gasteiger partial charge in [0, 0.05) is 25.8 Å². The number of halogens is 3. The third-order valence-corrected chi connectivity index (χ3v) is 5.12. The standard InChI is InChI=1S/C15H15F3N2O2S/c16-15(17,18)14(22)7-8-20(9-14)13(21)6-5-12-19-10-3-1-2-4-11(10)23-12/h1-4,22H,5-9H2/t14-/m0/s1. The van der Waals surface area contributed by atoms with Crippen molar-refractivity contribution in [2.45, 2.75) is 31.0 Å². The van der Waals surface area contributed by atoms with Crippen LogP contribution in [-0.4, -0.2) is 45.8 Å². The Hall–Kier alpha value is -1.67. The Bertz CT molecular complexity index is 698. The van der Waals surface area contributed by atoms with E-state index in [2.05, 4.69) is 4.98 Å². The van der Waals surface area contributed by atoms with Gasteiger partial charge in [0.25, 0.3) is 0 Å². The molecule has 1 fully saturated rings. The van der Waals surface area contributed by atoms with Crippen LogP contribution in [0.3, 0.4) is 0 Å². The fourth-order valence-electron chi connectivity index (χ4n) is 2.64. The molecular formula is C15H15F3N2O2S.